The number of hydrogen-bond donors (Lipinski definition) is 1. The normalized spacial score (nSPS) is 19.1. The highest BCUT2D eigenvalue weighted by Gasteiger charge is 2.32. The van der Waals surface area contributed by atoms with Crippen molar-refractivity contribution in [2.24, 2.45) is 0 Å². The Kier molecular flexibility index (Phi) is 4.27. The van der Waals surface area contributed by atoms with Crippen LogP contribution < -0.4 is 15.0 Å². The first-order valence-corrected chi connectivity index (χ1v) is 6.89. The van der Waals surface area contributed by atoms with Gasteiger partial charge in [-0.1, -0.05) is 19.1 Å². The molecular formula is C15H20N2O3. The summed E-state index contributed by atoms with van der Waals surface area (Å²) in [5.74, 6) is 0.288. The van der Waals surface area contributed by atoms with Gasteiger partial charge in [0, 0.05) is 6.04 Å². The fraction of sp³-hybridized carbons (Fsp3) is 0.467. The molecule has 2 rings (SSSR count). The van der Waals surface area contributed by atoms with Crippen LogP contribution in [-0.4, -0.2) is 30.5 Å². The smallest absolute Gasteiger partial charge is 0.268 e. The van der Waals surface area contributed by atoms with E-state index in [-0.39, 0.29) is 24.4 Å². The van der Waals surface area contributed by atoms with Crippen molar-refractivity contribution in [1.29, 1.82) is 0 Å². The first-order chi connectivity index (χ1) is 9.52. The number of ether oxygens (including phenoxy) is 1. The molecule has 0 fully saturated rings. The molecule has 0 saturated carbocycles. The quantitative estimate of drug-likeness (QED) is 0.911. The maximum absolute atomic E-state index is 12.2. The van der Waals surface area contributed by atoms with Gasteiger partial charge in [-0.15, -0.1) is 0 Å². The second-order valence-electron chi connectivity index (χ2n) is 5.03. The Balaban J connectivity index is 2.17. The predicted octanol–water partition coefficient (Wildman–Crippen LogP) is 1.72. The lowest BCUT2D eigenvalue weighted by atomic mass is 10.2. The summed E-state index contributed by atoms with van der Waals surface area (Å²) in [6.07, 6.45) is 0.289. The number of rotatable bonds is 4. The summed E-state index contributed by atoms with van der Waals surface area (Å²) < 4.78 is 5.54. The van der Waals surface area contributed by atoms with Crippen LogP contribution in [0, 0.1) is 0 Å². The molecule has 1 heterocycles. The molecule has 1 N–H and O–H groups in total. The number of hydrogen-bond acceptors (Lipinski definition) is 3. The lowest BCUT2D eigenvalue weighted by Crippen LogP contribution is -2.49. The number of anilines is 1. The predicted molar refractivity (Wildman–Crippen MR) is 76.8 cm³/mol. The summed E-state index contributed by atoms with van der Waals surface area (Å²) >= 11 is 0. The Hall–Kier alpha value is -2.04. The number of carbonyl (C=O) groups is 2. The number of para-hydroxylation sites is 2. The molecule has 1 aromatic rings. The van der Waals surface area contributed by atoms with Crippen LogP contribution in [0.1, 0.15) is 27.2 Å². The highest BCUT2D eigenvalue weighted by molar-refractivity contribution is 6.03. The van der Waals surface area contributed by atoms with Crippen molar-refractivity contribution in [2.75, 3.05) is 11.4 Å². The summed E-state index contributed by atoms with van der Waals surface area (Å²) in [6.45, 7) is 5.66. The van der Waals surface area contributed by atoms with E-state index in [9.17, 15) is 9.59 Å². The van der Waals surface area contributed by atoms with Crippen LogP contribution in [-0.2, 0) is 9.59 Å². The molecule has 2 atom stereocenters. The van der Waals surface area contributed by atoms with Gasteiger partial charge in [-0.2, -0.15) is 0 Å². The molecule has 0 spiro atoms. The molecule has 2 amide bonds. The van der Waals surface area contributed by atoms with Crippen LogP contribution in [0.4, 0.5) is 5.69 Å². The summed E-state index contributed by atoms with van der Waals surface area (Å²) in [5.41, 5.74) is 0.648. The van der Waals surface area contributed by atoms with Crippen molar-refractivity contribution >= 4 is 17.5 Å². The van der Waals surface area contributed by atoms with E-state index in [0.29, 0.717) is 11.4 Å². The number of nitrogens with one attached hydrogen (secondary N) is 1. The minimum atomic E-state index is -0.568. The minimum Gasteiger partial charge on any atom is -0.479 e. The van der Waals surface area contributed by atoms with Crippen LogP contribution in [0.2, 0.25) is 0 Å². The number of carbonyl (C=O) groups excluding carboxylic acids is 2. The van der Waals surface area contributed by atoms with Crippen molar-refractivity contribution in [2.45, 2.75) is 39.3 Å². The second-order valence-corrected chi connectivity index (χ2v) is 5.03. The van der Waals surface area contributed by atoms with Gasteiger partial charge in [-0.05, 0) is 32.4 Å². The first-order valence-electron chi connectivity index (χ1n) is 6.89. The largest absolute Gasteiger partial charge is 0.479 e. The zero-order chi connectivity index (χ0) is 14.7. The zero-order valence-corrected chi connectivity index (χ0v) is 12.1. The molecule has 0 saturated heterocycles. The SMILES string of the molecule is CC[C@@H](C)NC(=O)CN1C(=O)[C@@H](C)Oc2ccccc21. The van der Waals surface area contributed by atoms with E-state index in [4.69, 9.17) is 4.74 Å². The molecule has 5 heteroatoms. The van der Waals surface area contributed by atoms with Gasteiger partial charge < -0.3 is 10.1 Å². The standard InChI is InChI=1S/C15H20N2O3/c1-4-10(2)16-14(18)9-17-12-7-5-6-8-13(12)20-11(3)15(17)19/h5-8,10-11H,4,9H2,1-3H3,(H,16,18)/t10-,11-/m1/s1. The monoisotopic (exact) mass is 276 g/mol. The molecule has 0 bridgehead atoms. The van der Waals surface area contributed by atoms with E-state index in [0.717, 1.165) is 6.42 Å². The highest BCUT2D eigenvalue weighted by Crippen LogP contribution is 2.33. The Morgan fingerprint density at radius 3 is 2.85 bits per heavy atom. The number of benzene rings is 1. The molecular weight excluding hydrogens is 256 g/mol. The van der Waals surface area contributed by atoms with Crippen LogP contribution >= 0.6 is 0 Å². The number of fused-ring (bicyclic) bond motifs is 1. The zero-order valence-electron chi connectivity index (χ0n) is 12.1. The fourth-order valence-electron chi connectivity index (χ4n) is 2.09. The molecule has 0 unspecified atom stereocenters. The summed E-state index contributed by atoms with van der Waals surface area (Å²) in [4.78, 5) is 25.7. The molecule has 0 aliphatic carbocycles. The van der Waals surface area contributed by atoms with Gasteiger partial charge in [-0.3, -0.25) is 14.5 Å². The second kappa shape index (κ2) is 5.94. The van der Waals surface area contributed by atoms with E-state index < -0.39 is 6.10 Å². The molecule has 1 aromatic carbocycles. The minimum absolute atomic E-state index is 0.0217. The van der Waals surface area contributed by atoms with Gasteiger partial charge in [0.1, 0.15) is 12.3 Å². The van der Waals surface area contributed by atoms with Crippen LogP contribution in [0.15, 0.2) is 24.3 Å². The third-order valence-electron chi connectivity index (χ3n) is 3.40. The van der Waals surface area contributed by atoms with Crippen molar-refractivity contribution < 1.29 is 14.3 Å². The van der Waals surface area contributed by atoms with Crippen LogP contribution in [0.3, 0.4) is 0 Å². The van der Waals surface area contributed by atoms with E-state index in [1.165, 1.54) is 4.90 Å². The average molecular weight is 276 g/mol. The van der Waals surface area contributed by atoms with Gasteiger partial charge in [-0.25, -0.2) is 0 Å². The fourth-order valence-corrected chi connectivity index (χ4v) is 2.09. The lowest BCUT2D eigenvalue weighted by molar-refractivity contribution is -0.128. The number of amides is 2. The molecule has 0 aromatic heterocycles. The summed E-state index contributed by atoms with van der Waals surface area (Å²) in [7, 11) is 0. The lowest BCUT2D eigenvalue weighted by Gasteiger charge is -2.32. The Morgan fingerprint density at radius 2 is 2.15 bits per heavy atom. The van der Waals surface area contributed by atoms with E-state index in [2.05, 4.69) is 5.32 Å². The summed E-state index contributed by atoms with van der Waals surface area (Å²) in [5, 5.41) is 2.87. The van der Waals surface area contributed by atoms with E-state index in [1.54, 1.807) is 19.1 Å². The van der Waals surface area contributed by atoms with E-state index >= 15 is 0 Å². The Bertz CT molecular complexity index is 516. The maximum atomic E-state index is 12.2. The Morgan fingerprint density at radius 1 is 1.45 bits per heavy atom. The number of nitrogens with zero attached hydrogens (tertiary/aromatic N) is 1. The third kappa shape index (κ3) is 2.92. The molecule has 108 valence electrons. The average Bonchev–Trinajstić information content (AvgIpc) is 2.43. The summed E-state index contributed by atoms with van der Waals surface area (Å²) in [6, 6.07) is 7.36. The third-order valence-corrected chi connectivity index (χ3v) is 3.40. The molecule has 5 nitrogen and oxygen atoms in total. The molecule has 1 aliphatic rings. The van der Waals surface area contributed by atoms with Crippen LogP contribution in [0.25, 0.3) is 0 Å². The highest BCUT2D eigenvalue weighted by atomic mass is 16.5. The Labute approximate surface area is 118 Å². The first kappa shape index (κ1) is 14.4. The van der Waals surface area contributed by atoms with Gasteiger partial charge >= 0.3 is 0 Å². The molecule has 20 heavy (non-hydrogen) atoms. The van der Waals surface area contributed by atoms with Gasteiger partial charge in [0.25, 0.3) is 5.91 Å². The topological polar surface area (TPSA) is 58.6 Å². The van der Waals surface area contributed by atoms with Gasteiger partial charge in [0.2, 0.25) is 5.91 Å². The van der Waals surface area contributed by atoms with Crippen molar-refractivity contribution in [1.82, 2.24) is 5.32 Å². The maximum Gasteiger partial charge on any atom is 0.268 e. The van der Waals surface area contributed by atoms with Crippen molar-refractivity contribution in [3.63, 3.8) is 0 Å². The molecule has 0 radical (unpaired) electrons. The molecule has 1 aliphatic heterocycles. The van der Waals surface area contributed by atoms with Crippen molar-refractivity contribution in [3.05, 3.63) is 24.3 Å². The van der Waals surface area contributed by atoms with Crippen LogP contribution in [0.5, 0.6) is 5.75 Å². The van der Waals surface area contributed by atoms with Gasteiger partial charge in [0.15, 0.2) is 6.10 Å². The van der Waals surface area contributed by atoms with Gasteiger partial charge in [0.05, 0.1) is 5.69 Å². The van der Waals surface area contributed by atoms with Crippen molar-refractivity contribution in [3.8, 4) is 5.75 Å². The van der Waals surface area contributed by atoms with E-state index in [1.807, 2.05) is 26.0 Å².